The SMILES string of the molecule is Cn1nnnc1N1CCC(NC(=O)c2csc3c2CCCC3)CC1. The number of rotatable bonds is 3. The molecule has 2 aromatic rings. The fraction of sp³-hybridized carbons (Fsp3) is 0.625. The van der Waals surface area contributed by atoms with E-state index in [2.05, 4.69) is 25.7 Å². The number of hydrogen-bond acceptors (Lipinski definition) is 6. The average molecular weight is 346 g/mol. The minimum Gasteiger partial charge on any atom is -0.349 e. The molecule has 1 aliphatic heterocycles. The number of thiophene rings is 1. The van der Waals surface area contributed by atoms with Crippen LogP contribution in [0.1, 0.15) is 46.5 Å². The molecule has 4 rings (SSSR count). The predicted octanol–water partition coefficient (Wildman–Crippen LogP) is 1.55. The van der Waals surface area contributed by atoms with E-state index < -0.39 is 0 Å². The zero-order valence-corrected chi connectivity index (χ0v) is 14.7. The van der Waals surface area contributed by atoms with E-state index in [9.17, 15) is 4.79 Å². The standard InChI is InChI=1S/C16H22N6OS/c1-21-16(18-19-20-21)22-8-6-11(7-9-22)17-15(23)13-10-24-14-5-3-2-4-12(13)14/h10-11H,2-9H2,1H3,(H,17,23). The van der Waals surface area contributed by atoms with Crippen LogP contribution < -0.4 is 10.2 Å². The van der Waals surface area contributed by atoms with Crippen LogP contribution in [0.5, 0.6) is 0 Å². The Morgan fingerprint density at radius 2 is 2.08 bits per heavy atom. The highest BCUT2D eigenvalue weighted by atomic mass is 32.1. The van der Waals surface area contributed by atoms with E-state index in [-0.39, 0.29) is 11.9 Å². The molecule has 3 heterocycles. The first kappa shape index (κ1) is 15.6. The number of amides is 1. The summed E-state index contributed by atoms with van der Waals surface area (Å²) >= 11 is 1.75. The summed E-state index contributed by atoms with van der Waals surface area (Å²) in [4.78, 5) is 16.2. The number of carbonyl (C=O) groups is 1. The fourth-order valence-electron chi connectivity index (χ4n) is 3.66. The molecule has 0 spiro atoms. The summed E-state index contributed by atoms with van der Waals surface area (Å²) in [5.74, 6) is 0.903. The third kappa shape index (κ3) is 2.90. The summed E-state index contributed by atoms with van der Waals surface area (Å²) in [6.45, 7) is 1.72. The van der Waals surface area contributed by atoms with Gasteiger partial charge in [-0.15, -0.1) is 11.3 Å². The highest BCUT2D eigenvalue weighted by Crippen LogP contribution is 2.30. The summed E-state index contributed by atoms with van der Waals surface area (Å²) in [7, 11) is 1.85. The van der Waals surface area contributed by atoms with Crippen molar-refractivity contribution in [2.24, 2.45) is 7.05 Å². The van der Waals surface area contributed by atoms with Gasteiger partial charge in [0.2, 0.25) is 5.95 Å². The van der Waals surface area contributed by atoms with Gasteiger partial charge in [0.25, 0.3) is 5.91 Å². The number of fused-ring (bicyclic) bond motifs is 1. The third-order valence-corrected chi connectivity index (χ3v) is 6.11. The lowest BCUT2D eigenvalue weighted by Gasteiger charge is -2.32. The van der Waals surface area contributed by atoms with E-state index in [0.29, 0.717) is 0 Å². The van der Waals surface area contributed by atoms with Gasteiger partial charge in [0.05, 0.1) is 5.56 Å². The molecule has 0 radical (unpaired) electrons. The second-order valence-corrected chi connectivity index (χ2v) is 7.56. The molecule has 7 nitrogen and oxygen atoms in total. The van der Waals surface area contributed by atoms with Crippen molar-refractivity contribution >= 4 is 23.2 Å². The maximum absolute atomic E-state index is 12.7. The van der Waals surface area contributed by atoms with Crippen molar-refractivity contribution in [2.75, 3.05) is 18.0 Å². The minimum atomic E-state index is 0.105. The Morgan fingerprint density at radius 1 is 1.29 bits per heavy atom. The van der Waals surface area contributed by atoms with Gasteiger partial charge in [0, 0.05) is 36.4 Å². The highest BCUT2D eigenvalue weighted by molar-refractivity contribution is 7.10. The molecule has 1 aliphatic carbocycles. The van der Waals surface area contributed by atoms with Crippen LogP contribution in [0.15, 0.2) is 5.38 Å². The Hall–Kier alpha value is -1.96. The first-order valence-corrected chi connectivity index (χ1v) is 9.48. The Labute approximate surface area is 145 Å². The molecule has 8 heteroatoms. The molecule has 128 valence electrons. The quantitative estimate of drug-likeness (QED) is 0.912. The van der Waals surface area contributed by atoms with Gasteiger partial charge in [-0.1, -0.05) is 5.10 Å². The van der Waals surface area contributed by atoms with E-state index in [1.807, 2.05) is 12.4 Å². The summed E-state index contributed by atoms with van der Waals surface area (Å²) in [6, 6.07) is 0.231. The van der Waals surface area contributed by atoms with Crippen LogP contribution in [0.4, 0.5) is 5.95 Å². The van der Waals surface area contributed by atoms with Crippen molar-refractivity contribution < 1.29 is 4.79 Å². The predicted molar refractivity (Wildman–Crippen MR) is 92.5 cm³/mol. The fourth-order valence-corrected chi connectivity index (χ4v) is 4.79. The lowest BCUT2D eigenvalue weighted by atomic mass is 9.95. The Bertz CT molecular complexity index is 731. The zero-order valence-electron chi connectivity index (χ0n) is 13.9. The molecule has 24 heavy (non-hydrogen) atoms. The van der Waals surface area contributed by atoms with E-state index in [0.717, 1.165) is 50.3 Å². The smallest absolute Gasteiger partial charge is 0.252 e. The first-order valence-electron chi connectivity index (χ1n) is 8.60. The molecule has 1 saturated heterocycles. The van der Waals surface area contributed by atoms with E-state index in [1.54, 1.807) is 16.0 Å². The maximum atomic E-state index is 12.7. The van der Waals surface area contributed by atoms with E-state index in [4.69, 9.17) is 0 Å². The van der Waals surface area contributed by atoms with Gasteiger partial charge in [-0.3, -0.25) is 4.79 Å². The normalized spacial score (nSPS) is 18.5. The monoisotopic (exact) mass is 346 g/mol. The van der Waals surface area contributed by atoms with Gasteiger partial charge >= 0.3 is 0 Å². The maximum Gasteiger partial charge on any atom is 0.252 e. The van der Waals surface area contributed by atoms with E-state index >= 15 is 0 Å². The van der Waals surface area contributed by atoms with Crippen LogP contribution in [-0.4, -0.2) is 45.2 Å². The van der Waals surface area contributed by atoms with Crippen molar-refractivity contribution in [3.8, 4) is 0 Å². The first-order chi connectivity index (χ1) is 11.7. The summed E-state index contributed by atoms with van der Waals surface area (Å²) < 4.78 is 1.69. The van der Waals surface area contributed by atoms with Gasteiger partial charge in [-0.2, -0.15) is 0 Å². The second kappa shape index (κ2) is 6.51. The average Bonchev–Trinajstić information content (AvgIpc) is 3.22. The van der Waals surface area contributed by atoms with Gasteiger partial charge < -0.3 is 10.2 Å². The van der Waals surface area contributed by atoms with Gasteiger partial charge in [-0.25, -0.2) is 4.68 Å². The number of carbonyl (C=O) groups excluding carboxylic acids is 1. The van der Waals surface area contributed by atoms with Crippen LogP contribution in [0.25, 0.3) is 0 Å². The van der Waals surface area contributed by atoms with E-state index in [1.165, 1.54) is 23.3 Å². The molecule has 0 unspecified atom stereocenters. The Morgan fingerprint density at radius 3 is 2.83 bits per heavy atom. The third-order valence-electron chi connectivity index (χ3n) is 5.02. The number of nitrogens with one attached hydrogen (secondary N) is 1. The number of hydrogen-bond donors (Lipinski definition) is 1. The van der Waals surface area contributed by atoms with Crippen LogP contribution in [0.3, 0.4) is 0 Å². The molecule has 1 fully saturated rings. The number of aryl methyl sites for hydroxylation is 2. The van der Waals surface area contributed by atoms with Crippen LogP contribution in [-0.2, 0) is 19.9 Å². The summed E-state index contributed by atoms with van der Waals surface area (Å²) in [5.41, 5.74) is 2.21. The van der Waals surface area contributed by atoms with Crippen molar-refractivity contribution in [1.82, 2.24) is 25.5 Å². The number of tetrazole rings is 1. The van der Waals surface area contributed by atoms with Crippen molar-refractivity contribution in [2.45, 2.75) is 44.6 Å². The largest absolute Gasteiger partial charge is 0.349 e. The molecule has 2 aliphatic rings. The van der Waals surface area contributed by atoms with Crippen LogP contribution in [0.2, 0.25) is 0 Å². The molecule has 1 N–H and O–H groups in total. The molecule has 0 bridgehead atoms. The second-order valence-electron chi connectivity index (χ2n) is 6.60. The molecular formula is C16H22N6OS. The van der Waals surface area contributed by atoms with Crippen LogP contribution in [0, 0.1) is 0 Å². The Kier molecular flexibility index (Phi) is 4.22. The molecule has 1 amide bonds. The number of anilines is 1. The highest BCUT2D eigenvalue weighted by Gasteiger charge is 2.26. The van der Waals surface area contributed by atoms with Gasteiger partial charge in [0.1, 0.15) is 0 Å². The minimum absolute atomic E-state index is 0.105. The zero-order chi connectivity index (χ0) is 16.5. The summed E-state index contributed by atoms with van der Waals surface area (Å²) in [6.07, 6.45) is 6.49. The topological polar surface area (TPSA) is 75.9 Å². The van der Waals surface area contributed by atoms with Crippen LogP contribution >= 0.6 is 11.3 Å². The van der Waals surface area contributed by atoms with Crippen molar-refractivity contribution in [3.63, 3.8) is 0 Å². The van der Waals surface area contributed by atoms with Crippen molar-refractivity contribution in [3.05, 3.63) is 21.4 Å². The number of nitrogens with zero attached hydrogens (tertiary/aromatic N) is 5. The molecular weight excluding hydrogens is 324 g/mol. The van der Waals surface area contributed by atoms with Gasteiger partial charge in [0.15, 0.2) is 0 Å². The lowest BCUT2D eigenvalue weighted by molar-refractivity contribution is 0.0930. The molecule has 0 saturated carbocycles. The molecule has 0 aromatic carbocycles. The number of aromatic nitrogens is 4. The summed E-state index contributed by atoms with van der Waals surface area (Å²) in [5, 5.41) is 16.9. The van der Waals surface area contributed by atoms with Crippen molar-refractivity contribution in [1.29, 1.82) is 0 Å². The molecule has 2 aromatic heterocycles. The Balaban J connectivity index is 1.36. The molecule has 0 atom stereocenters. The lowest BCUT2D eigenvalue weighted by Crippen LogP contribution is -2.45. The number of piperidine rings is 1. The van der Waals surface area contributed by atoms with Gasteiger partial charge in [-0.05, 0) is 54.5 Å².